The van der Waals surface area contributed by atoms with Gasteiger partial charge in [-0.3, -0.25) is 9.59 Å². The number of carbonyl (C=O) groups excluding carboxylic acids is 2. The van der Waals surface area contributed by atoms with Gasteiger partial charge in [-0.05, 0) is 42.8 Å². The number of ketones is 1. The quantitative estimate of drug-likeness (QED) is 0.865. The molecule has 6 heteroatoms. The average Bonchev–Trinajstić information content (AvgIpc) is 2.86. The second-order valence-electron chi connectivity index (χ2n) is 5.31. The van der Waals surface area contributed by atoms with Crippen LogP contribution in [0, 0.1) is 6.92 Å². The number of nitrogens with two attached hydrogens (primary N) is 1. The predicted octanol–water partition coefficient (Wildman–Crippen LogP) is 3.13. The number of ether oxygens (including phenoxy) is 2. The molecule has 5 nitrogen and oxygen atoms in total. The number of carbonyl (C=O) groups is 2. The maximum Gasteiger partial charge on any atom is 0.255 e. The largest absolute Gasteiger partial charge is 0.483 e. The number of halogens is 1. The zero-order valence-electron chi connectivity index (χ0n) is 12.8. The van der Waals surface area contributed by atoms with Gasteiger partial charge in [-0.1, -0.05) is 23.7 Å². The van der Waals surface area contributed by atoms with E-state index in [4.69, 9.17) is 26.8 Å². The number of hydrogen-bond donors (Lipinski definition) is 1. The maximum absolute atomic E-state index is 12.5. The van der Waals surface area contributed by atoms with Crippen molar-refractivity contribution in [1.29, 1.82) is 0 Å². The van der Waals surface area contributed by atoms with Gasteiger partial charge in [0, 0.05) is 10.6 Å². The Morgan fingerprint density at radius 2 is 1.96 bits per heavy atom. The summed E-state index contributed by atoms with van der Waals surface area (Å²) in [5, 5.41) is 0.617. The van der Waals surface area contributed by atoms with Gasteiger partial charge in [-0.15, -0.1) is 0 Å². The van der Waals surface area contributed by atoms with E-state index in [1.54, 1.807) is 49.4 Å². The van der Waals surface area contributed by atoms with Crippen molar-refractivity contribution in [1.82, 2.24) is 0 Å². The normalized spacial score (nSPS) is 14.4. The van der Waals surface area contributed by atoms with Crippen LogP contribution in [0.3, 0.4) is 0 Å². The smallest absolute Gasteiger partial charge is 0.255 e. The molecule has 2 N–H and O–H groups in total. The van der Waals surface area contributed by atoms with Crippen LogP contribution in [0.5, 0.6) is 11.5 Å². The number of fused-ring (bicyclic) bond motifs is 1. The fourth-order valence-corrected chi connectivity index (χ4v) is 2.51. The van der Waals surface area contributed by atoms with Gasteiger partial charge in [0.25, 0.3) is 5.91 Å². The highest BCUT2D eigenvalue weighted by molar-refractivity contribution is 6.30. The van der Waals surface area contributed by atoms with Crippen LogP contribution < -0.4 is 15.2 Å². The predicted molar refractivity (Wildman–Crippen MR) is 90.3 cm³/mol. The van der Waals surface area contributed by atoms with Crippen LogP contribution in [-0.2, 0) is 4.79 Å². The van der Waals surface area contributed by atoms with Crippen molar-refractivity contribution in [3.8, 4) is 11.5 Å². The van der Waals surface area contributed by atoms with Crippen molar-refractivity contribution in [2.45, 2.75) is 6.92 Å². The molecule has 1 aliphatic heterocycles. The van der Waals surface area contributed by atoms with Gasteiger partial charge in [-0.2, -0.15) is 0 Å². The molecule has 0 unspecified atom stereocenters. The molecule has 1 amide bonds. The summed E-state index contributed by atoms with van der Waals surface area (Å²) in [5.74, 6) is 0.331. The number of benzene rings is 2. The van der Waals surface area contributed by atoms with Gasteiger partial charge < -0.3 is 15.2 Å². The molecular formula is C18H14ClNO4. The molecule has 24 heavy (non-hydrogen) atoms. The number of hydrogen-bond acceptors (Lipinski definition) is 4. The van der Waals surface area contributed by atoms with Gasteiger partial charge >= 0.3 is 0 Å². The molecular weight excluding hydrogens is 330 g/mol. The van der Waals surface area contributed by atoms with Crippen molar-refractivity contribution in [3.63, 3.8) is 0 Å². The Morgan fingerprint density at radius 3 is 2.62 bits per heavy atom. The molecule has 0 radical (unpaired) electrons. The Morgan fingerprint density at radius 1 is 1.25 bits per heavy atom. The summed E-state index contributed by atoms with van der Waals surface area (Å²) in [4.78, 5) is 23.3. The monoisotopic (exact) mass is 343 g/mol. The summed E-state index contributed by atoms with van der Waals surface area (Å²) < 4.78 is 11.0. The zero-order valence-corrected chi connectivity index (χ0v) is 13.6. The first kappa shape index (κ1) is 16.1. The van der Waals surface area contributed by atoms with Crippen molar-refractivity contribution in [2.75, 3.05) is 6.61 Å². The highest BCUT2D eigenvalue weighted by atomic mass is 35.5. The minimum Gasteiger partial charge on any atom is -0.483 e. The Balaban J connectivity index is 1.90. The van der Waals surface area contributed by atoms with E-state index in [1.807, 2.05) is 0 Å². The molecule has 1 aliphatic rings. The first-order chi connectivity index (χ1) is 11.5. The molecule has 122 valence electrons. The second-order valence-corrected chi connectivity index (χ2v) is 5.75. The highest BCUT2D eigenvalue weighted by Gasteiger charge is 2.30. The van der Waals surface area contributed by atoms with Gasteiger partial charge in [0.2, 0.25) is 5.78 Å². The lowest BCUT2D eigenvalue weighted by Gasteiger charge is -2.09. The van der Waals surface area contributed by atoms with Crippen molar-refractivity contribution in [3.05, 3.63) is 63.9 Å². The van der Waals surface area contributed by atoms with Crippen molar-refractivity contribution >= 4 is 29.4 Å². The first-order valence-corrected chi connectivity index (χ1v) is 7.58. The lowest BCUT2D eigenvalue weighted by Crippen LogP contribution is -2.20. The molecule has 0 spiro atoms. The van der Waals surface area contributed by atoms with Crippen LogP contribution in [0.4, 0.5) is 0 Å². The van der Waals surface area contributed by atoms with E-state index in [1.165, 1.54) is 0 Å². The standard InChI is InChI=1S/C18H14ClNO4/c1-10-14(23-9-16(20)21)7-6-13-17(22)15(24-18(10)13)8-11-2-4-12(19)5-3-11/h2-8H,9H2,1H3,(H2,20,21)/b15-8-. The van der Waals surface area contributed by atoms with Crippen LogP contribution in [0.2, 0.25) is 5.02 Å². The van der Waals surface area contributed by atoms with Crippen LogP contribution in [0.1, 0.15) is 21.5 Å². The number of primary amides is 1. The molecule has 0 aromatic heterocycles. The Labute approximate surface area is 143 Å². The lowest BCUT2D eigenvalue weighted by molar-refractivity contribution is -0.119. The maximum atomic E-state index is 12.5. The number of allylic oxidation sites excluding steroid dienone is 1. The van der Waals surface area contributed by atoms with Gasteiger partial charge in [0.15, 0.2) is 12.4 Å². The molecule has 0 saturated carbocycles. The molecule has 2 aromatic rings. The van der Waals surface area contributed by atoms with Crippen LogP contribution in [0.25, 0.3) is 6.08 Å². The molecule has 0 saturated heterocycles. The number of amides is 1. The number of rotatable bonds is 4. The molecule has 2 aromatic carbocycles. The zero-order chi connectivity index (χ0) is 17.3. The molecule has 0 atom stereocenters. The third-order valence-corrected chi connectivity index (χ3v) is 3.83. The fraction of sp³-hybridized carbons (Fsp3) is 0.111. The summed E-state index contributed by atoms with van der Waals surface area (Å²) in [7, 11) is 0. The summed E-state index contributed by atoms with van der Waals surface area (Å²) >= 11 is 5.85. The second kappa shape index (κ2) is 6.37. The van der Waals surface area contributed by atoms with E-state index in [-0.39, 0.29) is 18.1 Å². The van der Waals surface area contributed by atoms with Crippen LogP contribution in [0.15, 0.2) is 42.2 Å². The molecule has 0 bridgehead atoms. The summed E-state index contributed by atoms with van der Waals surface area (Å²) in [6.45, 7) is 1.52. The van der Waals surface area contributed by atoms with E-state index in [0.29, 0.717) is 27.6 Å². The molecule has 0 aliphatic carbocycles. The van der Waals surface area contributed by atoms with Crippen molar-refractivity contribution in [2.24, 2.45) is 5.73 Å². The molecule has 1 heterocycles. The minimum absolute atomic E-state index is 0.204. The fourth-order valence-electron chi connectivity index (χ4n) is 2.38. The Kier molecular flexibility index (Phi) is 4.27. The molecule has 3 rings (SSSR count). The van der Waals surface area contributed by atoms with Crippen LogP contribution >= 0.6 is 11.6 Å². The first-order valence-electron chi connectivity index (χ1n) is 7.20. The Bertz CT molecular complexity index is 856. The topological polar surface area (TPSA) is 78.6 Å². The van der Waals surface area contributed by atoms with E-state index in [0.717, 1.165) is 5.56 Å². The highest BCUT2D eigenvalue weighted by Crippen LogP contribution is 2.39. The SMILES string of the molecule is Cc1c(OCC(N)=O)ccc2c1O/C(=C\c1ccc(Cl)cc1)C2=O. The van der Waals surface area contributed by atoms with E-state index >= 15 is 0 Å². The van der Waals surface area contributed by atoms with Crippen LogP contribution in [-0.4, -0.2) is 18.3 Å². The Hall–Kier alpha value is -2.79. The lowest BCUT2D eigenvalue weighted by atomic mass is 10.1. The third kappa shape index (κ3) is 3.12. The van der Waals surface area contributed by atoms with Gasteiger partial charge in [0.05, 0.1) is 5.56 Å². The van der Waals surface area contributed by atoms with Gasteiger partial charge in [0.1, 0.15) is 11.5 Å². The van der Waals surface area contributed by atoms with E-state index in [9.17, 15) is 9.59 Å². The van der Waals surface area contributed by atoms with E-state index < -0.39 is 5.91 Å². The summed E-state index contributed by atoms with van der Waals surface area (Å²) in [6.07, 6.45) is 1.65. The molecule has 0 fully saturated rings. The summed E-state index contributed by atoms with van der Waals surface area (Å²) in [5.41, 5.74) is 6.98. The summed E-state index contributed by atoms with van der Waals surface area (Å²) in [6, 6.07) is 10.3. The number of Topliss-reactive ketones (excluding diaryl/α,β-unsaturated/α-hetero) is 1. The van der Waals surface area contributed by atoms with E-state index in [2.05, 4.69) is 0 Å². The van der Waals surface area contributed by atoms with Crippen molar-refractivity contribution < 1.29 is 19.1 Å². The average molecular weight is 344 g/mol. The third-order valence-electron chi connectivity index (χ3n) is 3.57. The van der Waals surface area contributed by atoms with Gasteiger partial charge in [-0.25, -0.2) is 0 Å². The minimum atomic E-state index is -0.574.